The third-order valence-electron chi connectivity index (χ3n) is 4.22. The Balaban J connectivity index is 1.95. The highest BCUT2D eigenvalue weighted by atomic mass is 35.5. The zero-order valence-corrected chi connectivity index (χ0v) is 12.7. The largest absolute Gasteiger partial charge is 0.385 e. The first-order chi connectivity index (χ1) is 9.65. The van der Waals surface area contributed by atoms with Crippen LogP contribution in [0, 0.1) is 5.41 Å². The van der Waals surface area contributed by atoms with E-state index in [2.05, 4.69) is 14.5 Å². The van der Waals surface area contributed by atoms with Crippen LogP contribution in [-0.4, -0.2) is 28.3 Å². The van der Waals surface area contributed by atoms with E-state index >= 15 is 0 Å². The molecule has 0 radical (unpaired) electrons. The summed E-state index contributed by atoms with van der Waals surface area (Å²) in [5.41, 5.74) is 2.43. The Labute approximate surface area is 124 Å². The first kappa shape index (κ1) is 13.8. The zero-order valence-electron chi connectivity index (χ0n) is 12.0. The van der Waals surface area contributed by atoms with Crippen molar-refractivity contribution in [2.75, 3.05) is 13.7 Å². The molecule has 1 unspecified atom stereocenters. The van der Waals surface area contributed by atoms with Crippen LogP contribution < -0.4 is 0 Å². The van der Waals surface area contributed by atoms with Crippen molar-refractivity contribution < 1.29 is 4.74 Å². The van der Waals surface area contributed by atoms with Crippen LogP contribution in [-0.2, 0) is 11.3 Å². The summed E-state index contributed by atoms with van der Waals surface area (Å²) in [6.07, 6.45) is 7.25. The minimum Gasteiger partial charge on any atom is -0.385 e. The molecule has 1 fully saturated rings. The van der Waals surface area contributed by atoms with Gasteiger partial charge in [-0.25, -0.2) is 4.98 Å². The number of nitrogens with zero attached hydrogens (tertiary/aromatic N) is 3. The lowest BCUT2D eigenvalue weighted by Gasteiger charge is -2.18. The SMILES string of the molecule is COCCC1(Cn2c(C(C)Cl)nc3cnccc32)CC1. The van der Waals surface area contributed by atoms with Crippen LogP contribution in [0.4, 0.5) is 0 Å². The number of hydrogen-bond acceptors (Lipinski definition) is 3. The van der Waals surface area contributed by atoms with E-state index in [0.717, 1.165) is 36.4 Å². The molecule has 0 saturated heterocycles. The Morgan fingerprint density at radius 3 is 2.95 bits per heavy atom. The first-order valence-electron chi connectivity index (χ1n) is 7.08. The number of pyridine rings is 1. The third kappa shape index (κ3) is 2.54. The standard InChI is InChI=1S/C15H20ClN3O/c1-11(16)14-18-12-9-17-7-3-13(12)19(14)10-15(4-5-15)6-8-20-2/h3,7,9,11H,4-6,8,10H2,1-2H3. The molecule has 0 aliphatic heterocycles. The predicted molar refractivity (Wildman–Crippen MR) is 80.0 cm³/mol. The molecule has 3 rings (SSSR count). The molecule has 4 nitrogen and oxygen atoms in total. The Bertz CT molecular complexity index is 604. The Kier molecular flexibility index (Phi) is 3.69. The second-order valence-electron chi connectivity index (χ2n) is 5.78. The van der Waals surface area contributed by atoms with Crippen molar-refractivity contribution in [1.82, 2.24) is 14.5 Å². The van der Waals surface area contributed by atoms with Crippen LogP contribution in [0.2, 0.25) is 0 Å². The van der Waals surface area contributed by atoms with Gasteiger partial charge in [0, 0.05) is 26.5 Å². The molecule has 0 aromatic carbocycles. The van der Waals surface area contributed by atoms with E-state index in [1.54, 1.807) is 7.11 Å². The fourth-order valence-corrected chi connectivity index (χ4v) is 2.95. The van der Waals surface area contributed by atoms with Crippen molar-refractivity contribution in [3.63, 3.8) is 0 Å². The lowest BCUT2D eigenvalue weighted by atomic mass is 10.0. The molecule has 0 bridgehead atoms. The summed E-state index contributed by atoms with van der Waals surface area (Å²) >= 11 is 6.30. The Morgan fingerprint density at radius 1 is 1.50 bits per heavy atom. The lowest BCUT2D eigenvalue weighted by molar-refractivity contribution is 0.167. The van der Waals surface area contributed by atoms with E-state index in [1.807, 2.05) is 25.4 Å². The van der Waals surface area contributed by atoms with Gasteiger partial charge in [-0.3, -0.25) is 4.98 Å². The summed E-state index contributed by atoms with van der Waals surface area (Å²) < 4.78 is 7.52. The number of rotatable bonds is 6. The van der Waals surface area contributed by atoms with Gasteiger partial charge in [0.2, 0.25) is 0 Å². The van der Waals surface area contributed by atoms with E-state index in [1.165, 1.54) is 12.8 Å². The van der Waals surface area contributed by atoms with Gasteiger partial charge < -0.3 is 9.30 Å². The molecular formula is C15H20ClN3O. The van der Waals surface area contributed by atoms with E-state index in [9.17, 15) is 0 Å². The number of aromatic nitrogens is 3. The highest BCUT2D eigenvalue weighted by molar-refractivity contribution is 6.20. The highest BCUT2D eigenvalue weighted by Gasteiger charge is 2.43. The average Bonchev–Trinajstić information content (AvgIpc) is 3.11. The number of fused-ring (bicyclic) bond motifs is 1. The number of imidazole rings is 1. The normalized spacial score (nSPS) is 18.4. The van der Waals surface area contributed by atoms with Crippen molar-refractivity contribution in [3.05, 3.63) is 24.3 Å². The van der Waals surface area contributed by atoms with Gasteiger partial charge in [0.05, 0.1) is 17.1 Å². The third-order valence-corrected chi connectivity index (χ3v) is 4.42. The van der Waals surface area contributed by atoms with Crippen LogP contribution in [0.3, 0.4) is 0 Å². The fourth-order valence-electron chi connectivity index (χ4n) is 2.79. The second-order valence-corrected chi connectivity index (χ2v) is 6.43. The molecule has 20 heavy (non-hydrogen) atoms. The minimum absolute atomic E-state index is 0.0966. The van der Waals surface area contributed by atoms with Gasteiger partial charge in [0.25, 0.3) is 0 Å². The monoisotopic (exact) mass is 293 g/mol. The number of hydrogen-bond donors (Lipinski definition) is 0. The number of ether oxygens (including phenoxy) is 1. The van der Waals surface area contributed by atoms with E-state index in [-0.39, 0.29) is 5.38 Å². The van der Waals surface area contributed by atoms with Gasteiger partial charge in [0.1, 0.15) is 11.3 Å². The number of methoxy groups -OCH3 is 1. The van der Waals surface area contributed by atoms with Crippen LogP contribution in [0.5, 0.6) is 0 Å². The van der Waals surface area contributed by atoms with Crippen molar-refractivity contribution in [3.8, 4) is 0 Å². The van der Waals surface area contributed by atoms with Gasteiger partial charge in [-0.2, -0.15) is 0 Å². The zero-order chi connectivity index (χ0) is 14.2. The molecule has 2 aromatic heterocycles. The van der Waals surface area contributed by atoms with Crippen LogP contribution in [0.1, 0.15) is 37.4 Å². The molecule has 1 saturated carbocycles. The number of halogens is 1. The quantitative estimate of drug-likeness (QED) is 0.765. The van der Waals surface area contributed by atoms with E-state index < -0.39 is 0 Å². The molecule has 0 N–H and O–H groups in total. The van der Waals surface area contributed by atoms with E-state index in [0.29, 0.717) is 5.41 Å². The molecule has 1 aliphatic rings. The van der Waals surface area contributed by atoms with Crippen molar-refractivity contribution in [1.29, 1.82) is 0 Å². The molecule has 0 spiro atoms. The van der Waals surface area contributed by atoms with E-state index in [4.69, 9.17) is 16.3 Å². The molecule has 108 valence electrons. The number of alkyl halides is 1. The molecule has 2 aromatic rings. The molecule has 2 heterocycles. The maximum Gasteiger partial charge on any atom is 0.127 e. The fraction of sp³-hybridized carbons (Fsp3) is 0.600. The summed E-state index contributed by atoms with van der Waals surface area (Å²) in [4.78, 5) is 8.79. The molecule has 0 amide bonds. The van der Waals surface area contributed by atoms with Crippen LogP contribution in [0.25, 0.3) is 11.0 Å². The van der Waals surface area contributed by atoms with Gasteiger partial charge in [0.15, 0.2) is 0 Å². The summed E-state index contributed by atoms with van der Waals surface area (Å²) in [5.74, 6) is 0.943. The molecule has 1 aliphatic carbocycles. The van der Waals surface area contributed by atoms with Gasteiger partial charge in [-0.15, -0.1) is 11.6 Å². The molecule has 1 atom stereocenters. The van der Waals surface area contributed by atoms with Crippen LogP contribution >= 0.6 is 11.6 Å². The minimum atomic E-state index is -0.0966. The average molecular weight is 294 g/mol. The van der Waals surface area contributed by atoms with Crippen LogP contribution in [0.15, 0.2) is 18.5 Å². The Hall–Kier alpha value is -1.13. The first-order valence-corrected chi connectivity index (χ1v) is 7.52. The summed E-state index contributed by atoms with van der Waals surface area (Å²) in [6.45, 7) is 3.77. The summed E-state index contributed by atoms with van der Waals surface area (Å²) in [5, 5.41) is -0.0966. The topological polar surface area (TPSA) is 39.9 Å². The summed E-state index contributed by atoms with van der Waals surface area (Å²) in [6, 6.07) is 2.03. The lowest BCUT2D eigenvalue weighted by Crippen LogP contribution is -2.16. The smallest absolute Gasteiger partial charge is 0.127 e. The highest BCUT2D eigenvalue weighted by Crippen LogP contribution is 2.51. The predicted octanol–water partition coefficient (Wildman–Crippen LogP) is 3.55. The maximum absolute atomic E-state index is 6.30. The van der Waals surface area contributed by atoms with Gasteiger partial charge in [-0.05, 0) is 37.7 Å². The second kappa shape index (κ2) is 5.34. The molecular weight excluding hydrogens is 274 g/mol. The van der Waals surface area contributed by atoms with Crippen molar-refractivity contribution in [2.24, 2.45) is 5.41 Å². The van der Waals surface area contributed by atoms with Crippen molar-refractivity contribution in [2.45, 2.75) is 38.1 Å². The maximum atomic E-state index is 6.30. The van der Waals surface area contributed by atoms with Gasteiger partial charge >= 0.3 is 0 Å². The molecule has 5 heteroatoms. The van der Waals surface area contributed by atoms with Gasteiger partial charge in [-0.1, -0.05) is 0 Å². The Morgan fingerprint density at radius 2 is 2.30 bits per heavy atom. The van der Waals surface area contributed by atoms with Crippen molar-refractivity contribution >= 4 is 22.6 Å². The summed E-state index contributed by atoms with van der Waals surface area (Å²) in [7, 11) is 1.76.